The summed E-state index contributed by atoms with van der Waals surface area (Å²) in [5.74, 6) is 0.763. The fourth-order valence-electron chi connectivity index (χ4n) is 5.73. The lowest BCUT2D eigenvalue weighted by Gasteiger charge is -2.24. The maximum absolute atomic E-state index is 13.4. The maximum atomic E-state index is 13.4. The molecule has 0 bridgehead atoms. The minimum Gasteiger partial charge on any atom is -0.381 e. The van der Waals surface area contributed by atoms with Gasteiger partial charge in [-0.25, -0.2) is 30.5 Å². The van der Waals surface area contributed by atoms with Gasteiger partial charge in [0.2, 0.25) is 10.0 Å². The average molecular weight is 559 g/mol. The van der Waals surface area contributed by atoms with Gasteiger partial charge in [0.25, 0.3) is 10.0 Å². The predicted molar refractivity (Wildman–Crippen MR) is 141 cm³/mol. The van der Waals surface area contributed by atoms with Gasteiger partial charge in [-0.05, 0) is 56.7 Å². The van der Waals surface area contributed by atoms with E-state index in [9.17, 15) is 16.8 Å². The molecule has 2 fully saturated rings. The first kappa shape index (κ1) is 25.4. The molecule has 3 atom stereocenters. The van der Waals surface area contributed by atoms with Crippen molar-refractivity contribution in [2.45, 2.75) is 61.6 Å². The molecule has 4 heterocycles. The fraction of sp³-hybridized carbons (Fsp3) is 0.480. The van der Waals surface area contributed by atoms with E-state index in [0.717, 1.165) is 5.56 Å². The van der Waals surface area contributed by atoms with Gasteiger partial charge in [-0.3, -0.25) is 4.40 Å². The Labute approximate surface area is 221 Å². The number of aryl methyl sites for hydroxylation is 1. The summed E-state index contributed by atoms with van der Waals surface area (Å²) in [5, 5.41) is 8.33. The van der Waals surface area contributed by atoms with E-state index in [0.29, 0.717) is 55.9 Å². The zero-order valence-corrected chi connectivity index (χ0v) is 22.8. The highest BCUT2D eigenvalue weighted by Gasteiger charge is 2.39. The largest absolute Gasteiger partial charge is 0.381 e. The van der Waals surface area contributed by atoms with Crippen LogP contribution in [0.2, 0.25) is 0 Å². The second kappa shape index (κ2) is 9.40. The molecule has 0 unspecified atom stereocenters. The Morgan fingerprint density at radius 2 is 1.74 bits per heavy atom. The third-order valence-corrected chi connectivity index (χ3v) is 11.5. The summed E-state index contributed by atoms with van der Waals surface area (Å²) in [6, 6.07) is 8.19. The van der Waals surface area contributed by atoms with Gasteiger partial charge in [0, 0.05) is 31.4 Å². The average Bonchev–Trinajstić information content (AvgIpc) is 3.60. The van der Waals surface area contributed by atoms with E-state index in [2.05, 4.69) is 26.8 Å². The molecule has 1 aliphatic carbocycles. The Balaban J connectivity index is 1.33. The van der Waals surface area contributed by atoms with Crippen molar-refractivity contribution >= 4 is 36.9 Å². The minimum absolute atomic E-state index is 0.0601. The molecule has 3 aromatic heterocycles. The molecule has 38 heavy (non-hydrogen) atoms. The lowest BCUT2D eigenvalue weighted by molar-refractivity contribution is 0.0980. The SMILES string of the molecule is Cc1ccc(S(=O)(=O)n2ccc3c2ncc2nnc([C@H]4C[C@@H](NS(=O)(=O)C5CCOCC5)C[C@H]4C)n23)cc1. The van der Waals surface area contributed by atoms with Gasteiger partial charge in [-0.1, -0.05) is 24.6 Å². The summed E-state index contributed by atoms with van der Waals surface area (Å²) >= 11 is 0. The second-order valence-electron chi connectivity index (χ2n) is 10.4. The van der Waals surface area contributed by atoms with Crippen LogP contribution in [0.25, 0.3) is 16.8 Å². The second-order valence-corrected chi connectivity index (χ2v) is 14.2. The van der Waals surface area contributed by atoms with Crippen molar-refractivity contribution < 1.29 is 21.6 Å². The number of ether oxygens (including phenoxy) is 1. The third-order valence-electron chi connectivity index (χ3n) is 7.79. The van der Waals surface area contributed by atoms with Crippen LogP contribution in [-0.2, 0) is 24.8 Å². The van der Waals surface area contributed by atoms with Crippen LogP contribution < -0.4 is 4.72 Å². The molecule has 1 aliphatic heterocycles. The molecule has 6 rings (SSSR count). The van der Waals surface area contributed by atoms with Crippen molar-refractivity contribution in [3.8, 4) is 0 Å². The van der Waals surface area contributed by atoms with Gasteiger partial charge in [0.15, 0.2) is 11.3 Å². The van der Waals surface area contributed by atoms with Crippen LogP contribution in [-0.4, -0.2) is 64.9 Å². The first-order valence-corrected chi connectivity index (χ1v) is 15.8. The zero-order valence-electron chi connectivity index (χ0n) is 21.2. The zero-order chi connectivity index (χ0) is 26.7. The molecule has 1 saturated carbocycles. The normalized spacial score (nSPS) is 23.5. The van der Waals surface area contributed by atoms with Gasteiger partial charge in [-0.15, -0.1) is 10.2 Å². The molecular weight excluding hydrogens is 528 g/mol. The molecule has 4 aromatic rings. The van der Waals surface area contributed by atoms with E-state index >= 15 is 0 Å². The number of sulfonamides is 1. The predicted octanol–water partition coefficient (Wildman–Crippen LogP) is 2.60. The summed E-state index contributed by atoms with van der Waals surface area (Å²) in [6.45, 7) is 4.91. The highest BCUT2D eigenvalue weighted by Crippen LogP contribution is 2.40. The summed E-state index contributed by atoms with van der Waals surface area (Å²) in [4.78, 5) is 4.59. The molecule has 11 nitrogen and oxygen atoms in total. The van der Waals surface area contributed by atoms with E-state index in [1.165, 1.54) is 16.4 Å². The molecule has 0 spiro atoms. The lowest BCUT2D eigenvalue weighted by atomic mass is 9.97. The van der Waals surface area contributed by atoms with Crippen molar-refractivity contribution in [2.24, 2.45) is 5.92 Å². The maximum Gasteiger partial charge on any atom is 0.269 e. The summed E-state index contributed by atoms with van der Waals surface area (Å²) in [7, 11) is -7.31. The number of hydrogen-bond donors (Lipinski definition) is 1. The first-order valence-electron chi connectivity index (χ1n) is 12.8. The summed E-state index contributed by atoms with van der Waals surface area (Å²) in [6.07, 6.45) is 5.28. The van der Waals surface area contributed by atoms with Crippen LogP contribution in [0.1, 0.15) is 49.9 Å². The minimum atomic E-state index is -3.86. The van der Waals surface area contributed by atoms with E-state index in [4.69, 9.17) is 4.74 Å². The quantitative estimate of drug-likeness (QED) is 0.381. The van der Waals surface area contributed by atoms with E-state index in [-0.39, 0.29) is 28.4 Å². The van der Waals surface area contributed by atoms with Gasteiger partial charge in [-0.2, -0.15) is 0 Å². The number of fused-ring (bicyclic) bond motifs is 3. The highest BCUT2D eigenvalue weighted by molar-refractivity contribution is 7.90. The Morgan fingerprint density at radius 1 is 1.00 bits per heavy atom. The van der Waals surface area contributed by atoms with Crippen molar-refractivity contribution in [3.05, 3.63) is 54.1 Å². The Bertz CT molecular complexity index is 1710. The molecule has 2 aliphatic rings. The molecule has 1 saturated heterocycles. The molecule has 1 N–H and O–H groups in total. The smallest absolute Gasteiger partial charge is 0.269 e. The highest BCUT2D eigenvalue weighted by atomic mass is 32.2. The van der Waals surface area contributed by atoms with Crippen LogP contribution in [0.5, 0.6) is 0 Å². The van der Waals surface area contributed by atoms with Crippen LogP contribution >= 0.6 is 0 Å². The van der Waals surface area contributed by atoms with Gasteiger partial charge in [0.05, 0.1) is 21.9 Å². The summed E-state index contributed by atoms with van der Waals surface area (Å²) in [5.41, 5.74) is 2.34. The lowest BCUT2D eigenvalue weighted by Crippen LogP contribution is -2.42. The van der Waals surface area contributed by atoms with Gasteiger partial charge in [0.1, 0.15) is 5.82 Å². The van der Waals surface area contributed by atoms with Crippen LogP contribution in [0, 0.1) is 12.8 Å². The van der Waals surface area contributed by atoms with E-state index < -0.39 is 25.3 Å². The Morgan fingerprint density at radius 3 is 2.47 bits per heavy atom. The monoisotopic (exact) mass is 558 g/mol. The standard InChI is InChI=1S/C25H30N6O5S2/c1-16-3-5-20(6-4-16)38(34,35)30-10-7-22-25(30)26-15-23-27-28-24(31(22)23)21-14-18(13-17(21)2)29-37(32,33)19-8-11-36-12-9-19/h3-7,10,15,17-19,21,29H,8-9,11-14H2,1-2H3/t17-,18+,21+/m1/s1. The molecular formula is C25H30N6O5S2. The first-order chi connectivity index (χ1) is 18.1. The van der Waals surface area contributed by atoms with Crippen LogP contribution in [0.4, 0.5) is 0 Å². The van der Waals surface area contributed by atoms with Gasteiger partial charge >= 0.3 is 0 Å². The number of aromatic nitrogens is 5. The van der Waals surface area contributed by atoms with Crippen LogP contribution in [0.3, 0.4) is 0 Å². The molecule has 1 aromatic carbocycles. The Hall–Kier alpha value is -2.87. The van der Waals surface area contributed by atoms with Crippen LogP contribution in [0.15, 0.2) is 47.6 Å². The van der Waals surface area contributed by atoms with Gasteiger partial charge < -0.3 is 4.74 Å². The van der Waals surface area contributed by atoms with Crippen molar-refractivity contribution in [1.82, 2.24) is 28.3 Å². The van der Waals surface area contributed by atoms with Crippen molar-refractivity contribution in [1.29, 1.82) is 0 Å². The molecule has 13 heteroatoms. The van der Waals surface area contributed by atoms with Crippen molar-refractivity contribution in [2.75, 3.05) is 13.2 Å². The molecule has 0 radical (unpaired) electrons. The fourth-order valence-corrected chi connectivity index (χ4v) is 8.69. The topological polar surface area (TPSA) is 138 Å². The van der Waals surface area contributed by atoms with E-state index in [1.807, 2.05) is 11.3 Å². The molecule has 0 amide bonds. The van der Waals surface area contributed by atoms with Crippen molar-refractivity contribution in [3.63, 3.8) is 0 Å². The Kier molecular flexibility index (Phi) is 6.29. The summed E-state index contributed by atoms with van der Waals surface area (Å²) < 4.78 is 64.1. The number of rotatable bonds is 6. The number of nitrogens with one attached hydrogen (secondary N) is 1. The van der Waals surface area contributed by atoms with E-state index in [1.54, 1.807) is 30.3 Å². The number of hydrogen-bond acceptors (Lipinski definition) is 8. The third kappa shape index (κ3) is 4.31. The number of nitrogens with zero attached hydrogens (tertiary/aromatic N) is 5. The number of benzene rings is 1. The molecule has 202 valence electrons.